The predicted molar refractivity (Wildman–Crippen MR) is 71.6 cm³/mol. The molecule has 2 aromatic rings. The van der Waals surface area contributed by atoms with E-state index < -0.39 is 0 Å². The number of carbonyl (C=O) groups excluding carboxylic acids is 1. The number of nitrogens with one attached hydrogen (secondary N) is 1. The summed E-state index contributed by atoms with van der Waals surface area (Å²) in [5.74, 6) is 0.172. The first-order valence-electron chi connectivity index (χ1n) is 6.65. The van der Waals surface area contributed by atoms with Gasteiger partial charge in [-0.05, 0) is 18.6 Å². The molecule has 0 saturated carbocycles. The first kappa shape index (κ1) is 12.7. The Kier molecular flexibility index (Phi) is 4.45. The van der Waals surface area contributed by atoms with Crippen LogP contribution in [0.25, 0.3) is 11.0 Å². The number of fused-ring (bicyclic) bond motifs is 1. The number of rotatable bonds is 7. The molecule has 1 aromatic carbocycles. The Morgan fingerprint density at radius 2 is 2.00 bits per heavy atom. The number of hydrogen-bond donors (Lipinski definition) is 1. The Morgan fingerprint density at radius 3 is 2.83 bits per heavy atom. The Hall–Kier alpha value is -1.71. The topological polar surface area (TPSA) is 58.6 Å². The molecule has 0 saturated heterocycles. The van der Waals surface area contributed by atoms with Crippen molar-refractivity contribution in [1.29, 1.82) is 0 Å². The van der Waals surface area contributed by atoms with Crippen LogP contribution in [-0.2, 0) is 0 Å². The number of aromatic nitrogens is 3. The fraction of sp³-hybridized carbons (Fsp3) is 0.500. The van der Waals surface area contributed by atoms with Crippen molar-refractivity contribution in [1.82, 2.24) is 15.4 Å². The van der Waals surface area contributed by atoms with Crippen molar-refractivity contribution >= 4 is 16.8 Å². The summed E-state index contributed by atoms with van der Waals surface area (Å²) in [6.07, 6.45) is 6.41. The Balaban J connectivity index is 1.94. The summed E-state index contributed by atoms with van der Waals surface area (Å²) in [5.41, 5.74) is 2.14. The molecule has 0 fully saturated rings. The third-order valence-corrected chi connectivity index (χ3v) is 3.15. The van der Waals surface area contributed by atoms with Crippen LogP contribution < -0.4 is 0 Å². The zero-order valence-corrected chi connectivity index (χ0v) is 10.8. The van der Waals surface area contributed by atoms with E-state index in [2.05, 4.69) is 22.3 Å². The molecule has 0 atom stereocenters. The zero-order chi connectivity index (χ0) is 12.8. The largest absolute Gasteiger partial charge is 0.294 e. The molecule has 1 N–H and O–H groups in total. The maximum atomic E-state index is 12.1. The van der Waals surface area contributed by atoms with Crippen LogP contribution >= 0.6 is 0 Å². The van der Waals surface area contributed by atoms with E-state index in [-0.39, 0.29) is 5.78 Å². The number of carbonyl (C=O) groups is 1. The number of Topliss-reactive ketones (excluding diaryl/α,β-unsaturated/α-hetero) is 1. The summed E-state index contributed by atoms with van der Waals surface area (Å²) in [7, 11) is 0. The van der Waals surface area contributed by atoms with Crippen LogP contribution in [0.4, 0.5) is 0 Å². The number of unbranched alkanes of at least 4 members (excludes halogenated alkanes) is 4. The molecule has 4 heteroatoms. The summed E-state index contributed by atoms with van der Waals surface area (Å²) in [4.78, 5) is 12.1. The molecule has 0 aliphatic heterocycles. The summed E-state index contributed by atoms with van der Waals surface area (Å²) >= 11 is 0. The van der Waals surface area contributed by atoms with Gasteiger partial charge in [0.25, 0.3) is 0 Å². The molecule has 96 valence electrons. The van der Waals surface area contributed by atoms with Gasteiger partial charge in [0.1, 0.15) is 11.0 Å². The lowest BCUT2D eigenvalue weighted by molar-refractivity contribution is 0.0980. The van der Waals surface area contributed by atoms with Gasteiger partial charge in [0.2, 0.25) is 0 Å². The van der Waals surface area contributed by atoms with Crippen molar-refractivity contribution in [3.05, 3.63) is 23.8 Å². The third kappa shape index (κ3) is 2.94. The van der Waals surface area contributed by atoms with Crippen LogP contribution in [0.2, 0.25) is 0 Å². The summed E-state index contributed by atoms with van der Waals surface area (Å²) in [5, 5.41) is 10.6. The summed E-state index contributed by atoms with van der Waals surface area (Å²) in [6.45, 7) is 2.19. The van der Waals surface area contributed by atoms with Gasteiger partial charge >= 0.3 is 0 Å². The molecule has 1 heterocycles. The first-order chi connectivity index (χ1) is 8.83. The molecule has 0 unspecified atom stereocenters. The van der Waals surface area contributed by atoms with Gasteiger partial charge in [-0.3, -0.25) is 4.79 Å². The molecule has 0 amide bonds. The van der Waals surface area contributed by atoms with Crippen LogP contribution in [0, 0.1) is 0 Å². The van der Waals surface area contributed by atoms with Gasteiger partial charge in [0, 0.05) is 12.0 Å². The van der Waals surface area contributed by atoms with Crippen LogP contribution in [0.3, 0.4) is 0 Å². The average molecular weight is 245 g/mol. The number of ketones is 1. The maximum absolute atomic E-state index is 12.1. The minimum absolute atomic E-state index is 0.172. The lowest BCUT2D eigenvalue weighted by Gasteiger charge is -2.01. The minimum Gasteiger partial charge on any atom is -0.294 e. The third-order valence-electron chi connectivity index (χ3n) is 3.15. The van der Waals surface area contributed by atoms with Gasteiger partial charge in [-0.25, -0.2) is 0 Å². The Labute approximate surface area is 107 Å². The molecule has 1 aromatic heterocycles. The molecular weight excluding hydrogens is 226 g/mol. The Bertz CT molecular complexity index is 518. The highest BCUT2D eigenvalue weighted by atomic mass is 16.1. The summed E-state index contributed by atoms with van der Waals surface area (Å²) in [6, 6.07) is 5.55. The quantitative estimate of drug-likeness (QED) is 0.600. The second kappa shape index (κ2) is 6.28. The van der Waals surface area contributed by atoms with E-state index in [0.29, 0.717) is 17.5 Å². The number of para-hydroxylation sites is 1. The maximum Gasteiger partial charge on any atom is 0.165 e. The van der Waals surface area contributed by atoms with Crippen molar-refractivity contribution in [3.63, 3.8) is 0 Å². The van der Waals surface area contributed by atoms with Crippen molar-refractivity contribution in [2.45, 2.75) is 45.4 Å². The van der Waals surface area contributed by atoms with E-state index in [1.807, 2.05) is 18.2 Å². The van der Waals surface area contributed by atoms with E-state index in [0.717, 1.165) is 18.4 Å². The SMILES string of the molecule is CCCCCCCC(=O)c1cccc2n[nH]nc12. The van der Waals surface area contributed by atoms with Crippen LogP contribution in [0.15, 0.2) is 18.2 Å². The number of benzene rings is 1. The predicted octanol–water partition coefficient (Wildman–Crippen LogP) is 3.50. The van der Waals surface area contributed by atoms with Gasteiger partial charge in [0.05, 0.1) is 0 Å². The van der Waals surface area contributed by atoms with Gasteiger partial charge in [-0.2, -0.15) is 15.4 Å². The van der Waals surface area contributed by atoms with E-state index >= 15 is 0 Å². The smallest absolute Gasteiger partial charge is 0.165 e. The Morgan fingerprint density at radius 1 is 1.17 bits per heavy atom. The molecule has 0 aliphatic carbocycles. The molecule has 4 nitrogen and oxygen atoms in total. The van der Waals surface area contributed by atoms with E-state index in [1.165, 1.54) is 19.3 Å². The highest BCUT2D eigenvalue weighted by Gasteiger charge is 2.11. The van der Waals surface area contributed by atoms with Crippen molar-refractivity contribution < 1.29 is 4.79 Å². The molecule has 0 spiro atoms. The number of nitrogens with zero attached hydrogens (tertiary/aromatic N) is 2. The molecule has 0 radical (unpaired) electrons. The zero-order valence-electron chi connectivity index (χ0n) is 10.8. The number of aromatic amines is 1. The normalized spacial score (nSPS) is 10.9. The van der Waals surface area contributed by atoms with Crippen LogP contribution in [-0.4, -0.2) is 21.2 Å². The van der Waals surface area contributed by atoms with E-state index in [1.54, 1.807) is 0 Å². The fourth-order valence-corrected chi connectivity index (χ4v) is 2.12. The van der Waals surface area contributed by atoms with E-state index in [4.69, 9.17) is 0 Å². The fourth-order valence-electron chi connectivity index (χ4n) is 2.12. The van der Waals surface area contributed by atoms with Gasteiger partial charge in [-0.1, -0.05) is 38.7 Å². The van der Waals surface area contributed by atoms with Crippen molar-refractivity contribution in [2.75, 3.05) is 0 Å². The minimum atomic E-state index is 0.172. The molecule has 18 heavy (non-hydrogen) atoms. The van der Waals surface area contributed by atoms with Gasteiger partial charge in [-0.15, -0.1) is 0 Å². The summed E-state index contributed by atoms with van der Waals surface area (Å²) < 4.78 is 0. The van der Waals surface area contributed by atoms with Crippen molar-refractivity contribution in [2.24, 2.45) is 0 Å². The lowest BCUT2D eigenvalue weighted by Crippen LogP contribution is -2.00. The van der Waals surface area contributed by atoms with Crippen molar-refractivity contribution in [3.8, 4) is 0 Å². The highest BCUT2D eigenvalue weighted by Crippen LogP contribution is 2.17. The molecule has 2 rings (SSSR count). The van der Waals surface area contributed by atoms with Crippen LogP contribution in [0.5, 0.6) is 0 Å². The molecular formula is C14H19N3O. The standard InChI is InChI=1S/C14H19N3O/c1-2-3-4-5-6-10-13(18)11-8-7-9-12-14(11)16-17-15-12/h7-9H,2-6,10H2,1H3,(H,15,16,17). The van der Waals surface area contributed by atoms with Gasteiger partial charge < -0.3 is 0 Å². The van der Waals surface area contributed by atoms with E-state index in [9.17, 15) is 4.79 Å². The molecule has 0 bridgehead atoms. The van der Waals surface area contributed by atoms with Gasteiger partial charge in [0.15, 0.2) is 5.78 Å². The second-order valence-electron chi connectivity index (χ2n) is 4.58. The number of hydrogen-bond acceptors (Lipinski definition) is 3. The second-order valence-corrected chi connectivity index (χ2v) is 4.58. The lowest BCUT2D eigenvalue weighted by atomic mass is 10.0. The molecule has 0 aliphatic rings. The monoisotopic (exact) mass is 245 g/mol. The van der Waals surface area contributed by atoms with Crippen LogP contribution in [0.1, 0.15) is 55.8 Å². The highest BCUT2D eigenvalue weighted by molar-refractivity contribution is 6.05. The first-order valence-corrected chi connectivity index (χ1v) is 6.65. The average Bonchev–Trinajstić information content (AvgIpc) is 2.86. The number of H-pyrrole nitrogens is 1.